The van der Waals surface area contributed by atoms with E-state index in [1.54, 1.807) is 0 Å². The Hall–Kier alpha value is -1.52. The van der Waals surface area contributed by atoms with E-state index in [0.29, 0.717) is 5.92 Å². The van der Waals surface area contributed by atoms with E-state index in [-0.39, 0.29) is 0 Å². The number of rotatable bonds is 7. The second-order valence-corrected chi connectivity index (χ2v) is 7.26. The van der Waals surface area contributed by atoms with Crippen LogP contribution >= 0.6 is 0 Å². The van der Waals surface area contributed by atoms with Crippen molar-refractivity contribution in [1.29, 1.82) is 0 Å². The smallest absolute Gasteiger partial charge is 0.193 e. The fourth-order valence-corrected chi connectivity index (χ4v) is 3.34. The van der Waals surface area contributed by atoms with Gasteiger partial charge in [-0.25, -0.2) is 0 Å². The average Bonchev–Trinajstić information content (AvgIpc) is 3.14. The van der Waals surface area contributed by atoms with E-state index in [1.807, 2.05) is 23.1 Å². The maximum absolute atomic E-state index is 4.88. The number of nitrogens with one attached hydrogen (secondary N) is 1. The summed E-state index contributed by atoms with van der Waals surface area (Å²) in [5.74, 6) is 3.18. The summed E-state index contributed by atoms with van der Waals surface area (Å²) in [5, 5.41) is 7.74. The minimum Gasteiger partial charge on any atom is -0.357 e. The molecule has 1 aromatic heterocycles. The number of likely N-dealkylation sites (tertiary alicyclic amines) is 1. The third kappa shape index (κ3) is 5.88. The molecule has 5 nitrogen and oxygen atoms in total. The number of hydrogen-bond acceptors (Lipinski definition) is 2. The van der Waals surface area contributed by atoms with Crippen LogP contribution in [0.1, 0.15) is 40.5 Å². The van der Waals surface area contributed by atoms with E-state index in [0.717, 1.165) is 50.5 Å². The van der Waals surface area contributed by atoms with Gasteiger partial charge >= 0.3 is 0 Å². The molecule has 1 saturated heterocycles. The van der Waals surface area contributed by atoms with Crippen molar-refractivity contribution in [1.82, 2.24) is 20.0 Å². The Kier molecular flexibility index (Phi) is 6.93. The minimum absolute atomic E-state index is 0.484. The van der Waals surface area contributed by atoms with Crippen molar-refractivity contribution in [3.05, 3.63) is 18.5 Å². The topological polar surface area (TPSA) is 45.5 Å². The summed E-state index contributed by atoms with van der Waals surface area (Å²) in [5.41, 5.74) is 0. The number of aromatic nitrogens is 2. The first-order valence-corrected chi connectivity index (χ1v) is 9.09. The second kappa shape index (κ2) is 8.94. The molecule has 0 saturated carbocycles. The largest absolute Gasteiger partial charge is 0.357 e. The Morgan fingerprint density at radius 3 is 2.87 bits per heavy atom. The highest BCUT2D eigenvalue weighted by Crippen LogP contribution is 2.23. The zero-order valence-electron chi connectivity index (χ0n) is 15.2. The van der Waals surface area contributed by atoms with Crippen LogP contribution in [0.5, 0.6) is 0 Å². The molecule has 2 atom stereocenters. The quantitative estimate of drug-likeness (QED) is 0.621. The fraction of sp³-hybridized carbons (Fsp3) is 0.778. The molecule has 1 fully saturated rings. The summed E-state index contributed by atoms with van der Waals surface area (Å²) in [4.78, 5) is 7.32. The van der Waals surface area contributed by atoms with Crippen molar-refractivity contribution < 1.29 is 0 Å². The monoisotopic (exact) mass is 319 g/mol. The van der Waals surface area contributed by atoms with Crippen LogP contribution in [0.4, 0.5) is 0 Å². The van der Waals surface area contributed by atoms with Gasteiger partial charge in [0.25, 0.3) is 0 Å². The minimum atomic E-state index is 0.484. The lowest BCUT2D eigenvalue weighted by atomic mass is 9.97. The molecular formula is C18H33N5. The van der Waals surface area contributed by atoms with Gasteiger partial charge in [0.1, 0.15) is 0 Å². The van der Waals surface area contributed by atoms with Crippen LogP contribution in [0.25, 0.3) is 0 Å². The summed E-state index contributed by atoms with van der Waals surface area (Å²) < 4.78 is 1.99. The molecule has 23 heavy (non-hydrogen) atoms. The molecule has 1 aromatic rings. The zero-order valence-corrected chi connectivity index (χ0v) is 15.2. The first-order valence-electron chi connectivity index (χ1n) is 9.09. The first kappa shape index (κ1) is 17.8. The van der Waals surface area contributed by atoms with Crippen LogP contribution in [-0.4, -0.2) is 46.8 Å². The van der Waals surface area contributed by atoms with E-state index in [2.05, 4.69) is 43.0 Å². The molecule has 1 aliphatic heterocycles. The van der Waals surface area contributed by atoms with E-state index in [4.69, 9.17) is 4.99 Å². The van der Waals surface area contributed by atoms with Gasteiger partial charge in [-0.1, -0.05) is 20.8 Å². The van der Waals surface area contributed by atoms with Crippen LogP contribution in [0.3, 0.4) is 0 Å². The molecule has 130 valence electrons. The number of guanidine groups is 1. The SMILES string of the molecule is CCNC(=NCC(C)Cn1cccn1)N1CCC(CC(C)C)C1. The van der Waals surface area contributed by atoms with Gasteiger partial charge in [0.15, 0.2) is 5.96 Å². The van der Waals surface area contributed by atoms with E-state index < -0.39 is 0 Å². The molecule has 2 rings (SSSR count). The van der Waals surface area contributed by atoms with Gasteiger partial charge < -0.3 is 10.2 Å². The van der Waals surface area contributed by atoms with Gasteiger partial charge in [-0.3, -0.25) is 9.67 Å². The summed E-state index contributed by atoms with van der Waals surface area (Å²) in [6.45, 7) is 14.0. The molecule has 1 aliphatic rings. The summed E-state index contributed by atoms with van der Waals surface area (Å²) in [6.07, 6.45) is 6.47. The van der Waals surface area contributed by atoms with E-state index in [9.17, 15) is 0 Å². The van der Waals surface area contributed by atoms with Gasteiger partial charge in [0.2, 0.25) is 0 Å². The molecule has 0 spiro atoms. The molecule has 0 aliphatic carbocycles. The predicted octanol–water partition coefficient (Wildman–Crippen LogP) is 2.85. The molecule has 0 aromatic carbocycles. The molecule has 1 N–H and O–H groups in total. The standard InChI is InChI=1S/C18H33N5/c1-5-19-18(22-10-7-17(14-22)11-15(2)3)20-12-16(4)13-23-9-6-8-21-23/h6,8-9,15-17H,5,7,10-14H2,1-4H3,(H,19,20). The first-order chi connectivity index (χ1) is 11.1. The van der Waals surface area contributed by atoms with Gasteiger partial charge in [-0.05, 0) is 43.6 Å². The molecule has 0 bridgehead atoms. The Morgan fingerprint density at radius 2 is 2.22 bits per heavy atom. The van der Waals surface area contributed by atoms with E-state index in [1.165, 1.54) is 12.8 Å². The highest BCUT2D eigenvalue weighted by atomic mass is 15.3. The van der Waals surface area contributed by atoms with Crippen molar-refractivity contribution in [2.75, 3.05) is 26.2 Å². The van der Waals surface area contributed by atoms with Crippen LogP contribution in [-0.2, 0) is 6.54 Å². The molecule has 2 unspecified atom stereocenters. The molecular weight excluding hydrogens is 286 g/mol. The van der Waals surface area contributed by atoms with Crippen molar-refractivity contribution in [2.24, 2.45) is 22.7 Å². The lowest BCUT2D eigenvalue weighted by Gasteiger charge is -2.22. The van der Waals surface area contributed by atoms with Crippen molar-refractivity contribution in [3.8, 4) is 0 Å². The van der Waals surface area contributed by atoms with Crippen LogP contribution in [0, 0.1) is 17.8 Å². The number of nitrogens with zero attached hydrogens (tertiary/aromatic N) is 4. The lowest BCUT2D eigenvalue weighted by Crippen LogP contribution is -2.40. The number of aliphatic imine (C=N–C) groups is 1. The van der Waals surface area contributed by atoms with Crippen molar-refractivity contribution in [2.45, 2.75) is 47.1 Å². The number of hydrogen-bond donors (Lipinski definition) is 1. The van der Waals surface area contributed by atoms with Crippen LogP contribution < -0.4 is 5.32 Å². The van der Waals surface area contributed by atoms with Crippen LogP contribution in [0.15, 0.2) is 23.5 Å². The molecule has 2 heterocycles. The maximum Gasteiger partial charge on any atom is 0.193 e. The Labute approximate surface area is 141 Å². The fourth-order valence-electron chi connectivity index (χ4n) is 3.34. The molecule has 0 radical (unpaired) electrons. The van der Waals surface area contributed by atoms with Gasteiger partial charge in [-0.2, -0.15) is 5.10 Å². The normalized spacial score (nSPS) is 20.3. The van der Waals surface area contributed by atoms with E-state index >= 15 is 0 Å². The Balaban J connectivity index is 1.87. The highest BCUT2D eigenvalue weighted by Gasteiger charge is 2.25. The lowest BCUT2D eigenvalue weighted by molar-refractivity contribution is 0.401. The van der Waals surface area contributed by atoms with Gasteiger partial charge in [-0.15, -0.1) is 0 Å². The maximum atomic E-state index is 4.88. The molecule has 5 heteroatoms. The van der Waals surface area contributed by atoms with Crippen molar-refractivity contribution in [3.63, 3.8) is 0 Å². The summed E-state index contributed by atoms with van der Waals surface area (Å²) in [7, 11) is 0. The Bertz CT molecular complexity index is 466. The van der Waals surface area contributed by atoms with Crippen molar-refractivity contribution >= 4 is 5.96 Å². The van der Waals surface area contributed by atoms with Gasteiger partial charge in [0.05, 0.1) is 0 Å². The third-order valence-electron chi connectivity index (χ3n) is 4.34. The predicted molar refractivity (Wildman–Crippen MR) is 96.5 cm³/mol. The average molecular weight is 319 g/mol. The van der Waals surface area contributed by atoms with Gasteiger partial charge in [0, 0.05) is 45.1 Å². The zero-order chi connectivity index (χ0) is 16.7. The summed E-state index contributed by atoms with van der Waals surface area (Å²) in [6, 6.07) is 1.97. The molecule has 0 amide bonds. The van der Waals surface area contributed by atoms with Crippen LogP contribution in [0.2, 0.25) is 0 Å². The highest BCUT2D eigenvalue weighted by molar-refractivity contribution is 5.80. The summed E-state index contributed by atoms with van der Waals surface area (Å²) >= 11 is 0. The Morgan fingerprint density at radius 1 is 1.39 bits per heavy atom. The second-order valence-electron chi connectivity index (χ2n) is 7.26. The third-order valence-corrected chi connectivity index (χ3v) is 4.34.